The first kappa shape index (κ1) is 15.3. The third-order valence-corrected chi connectivity index (χ3v) is 3.41. The summed E-state index contributed by atoms with van der Waals surface area (Å²) in [6, 6.07) is 9.47. The highest BCUT2D eigenvalue weighted by Gasteiger charge is 2.14. The normalized spacial score (nSPS) is 12.1. The number of aromatic nitrogens is 1. The van der Waals surface area contributed by atoms with Gasteiger partial charge in [-0.1, -0.05) is 30.3 Å². The quantitative estimate of drug-likeness (QED) is 0.850. The van der Waals surface area contributed by atoms with Gasteiger partial charge in [-0.3, -0.25) is 4.79 Å². The van der Waals surface area contributed by atoms with Gasteiger partial charge in [-0.2, -0.15) is 0 Å². The molecule has 3 N–H and O–H groups in total. The molecule has 0 fully saturated rings. The van der Waals surface area contributed by atoms with E-state index in [0.29, 0.717) is 12.3 Å². The fraction of sp³-hybridized carbons (Fsp3) is 0.375. The van der Waals surface area contributed by atoms with E-state index in [1.54, 1.807) is 0 Å². The Morgan fingerprint density at radius 2 is 2.05 bits per heavy atom. The average molecular weight is 287 g/mol. The van der Waals surface area contributed by atoms with Crippen LogP contribution >= 0.6 is 0 Å². The highest BCUT2D eigenvalue weighted by Crippen LogP contribution is 2.08. The Bertz CT molecular complexity index is 573. The lowest BCUT2D eigenvalue weighted by Gasteiger charge is -2.11. The highest BCUT2D eigenvalue weighted by molar-refractivity contribution is 5.81. The van der Waals surface area contributed by atoms with E-state index in [2.05, 4.69) is 10.3 Å². The molecule has 0 bridgehead atoms. The maximum absolute atomic E-state index is 11.9. The minimum absolute atomic E-state index is 0.181. The molecule has 1 amide bonds. The number of rotatable bonds is 6. The van der Waals surface area contributed by atoms with Crippen molar-refractivity contribution in [2.24, 2.45) is 5.73 Å². The van der Waals surface area contributed by atoms with E-state index in [4.69, 9.17) is 10.2 Å². The number of benzene rings is 1. The largest absolute Gasteiger partial charge is 0.444 e. The fourth-order valence-electron chi connectivity index (χ4n) is 2.01. The van der Waals surface area contributed by atoms with Gasteiger partial charge in [0.2, 0.25) is 11.8 Å². The van der Waals surface area contributed by atoms with Crippen LogP contribution in [0.1, 0.15) is 29.3 Å². The molecule has 0 saturated heterocycles. The molecular weight excluding hydrogens is 266 g/mol. The standard InChI is InChI=1S/C16H21N3O2/c1-11-12(2)21-15(19-11)10-18-16(20)14(17)9-8-13-6-4-3-5-7-13/h3-7,14H,8-10,17H2,1-2H3,(H,18,20)/t14-/m0/s1. The molecule has 2 aromatic rings. The molecule has 1 atom stereocenters. The van der Waals surface area contributed by atoms with Crippen molar-refractivity contribution in [3.05, 3.63) is 53.2 Å². The Kier molecular flexibility index (Phi) is 5.11. The Balaban J connectivity index is 1.77. The van der Waals surface area contributed by atoms with E-state index in [1.165, 1.54) is 5.56 Å². The SMILES string of the molecule is Cc1nc(CNC(=O)[C@@H](N)CCc2ccccc2)oc1C. The molecule has 1 heterocycles. The van der Waals surface area contributed by atoms with Crippen molar-refractivity contribution in [2.45, 2.75) is 39.3 Å². The minimum atomic E-state index is -0.526. The first-order valence-electron chi connectivity index (χ1n) is 7.06. The second-order valence-electron chi connectivity index (χ2n) is 5.10. The second kappa shape index (κ2) is 7.04. The summed E-state index contributed by atoms with van der Waals surface area (Å²) in [5.41, 5.74) is 7.92. The summed E-state index contributed by atoms with van der Waals surface area (Å²) in [6.07, 6.45) is 1.39. The van der Waals surface area contributed by atoms with Crippen molar-refractivity contribution in [2.75, 3.05) is 0 Å². The lowest BCUT2D eigenvalue weighted by atomic mass is 10.1. The number of carbonyl (C=O) groups is 1. The molecule has 21 heavy (non-hydrogen) atoms. The summed E-state index contributed by atoms with van der Waals surface area (Å²) in [5.74, 6) is 1.10. The number of hydrogen-bond donors (Lipinski definition) is 2. The molecule has 0 spiro atoms. The zero-order chi connectivity index (χ0) is 15.2. The van der Waals surface area contributed by atoms with Gasteiger partial charge in [0.1, 0.15) is 5.76 Å². The van der Waals surface area contributed by atoms with E-state index in [1.807, 2.05) is 44.2 Å². The molecule has 1 aromatic heterocycles. The highest BCUT2D eigenvalue weighted by atomic mass is 16.4. The van der Waals surface area contributed by atoms with Gasteiger partial charge in [-0.05, 0) is 32.3 Å². The maximum atomic E-state index is 11.9. The van der Waals surface area contributed by atoms with Crippen LogP contribution in [-0.4, -0.2) is 16.9 Å². The van der Waals surface area contributed by atoms with Gasteiger partial charge in [-0.15, -0.1) is 0 Å². The number of oxazole rings is 1. The number of nitrogens with one attached hydrogen (secondary N) is 1. The summed E-state index contributed by atoms with van der Waals surface area (Å²) in [6.45, 7) is 3.99. The summed E-state index contributed by atoms with van der Waals surface area (Å²) >= 11 is 0. The van der Waals surface area contributed by atoms with Gasteiger partial charge in [0.15, 0.2) is 0 Å². The van der Waals surface area contributed by atoms with Crippen molar-refractivity contribution in [3.8, 4) is 0 Å². The van der Waals surface area contributed by atoms with Crippen LogP contribution in [0.15, 0.2) is 34.7 Å². The number of amides is 1. The van der Waals surface area contributed by atoms with Crippen LogP contribution in [0.4, 0.5) is 0 Å². The Labute approximate surface area is 124 Å². The van der Waals surface area contributed by atoms with E-state index < -0.39 is 6.04 Å². The number of carbonyl (C=O) groups excluding carboxylic acids is 1. The van der Waals surface area contributed by atoms with Crippen LogP contribution in [0.5, 0.6) is 0 Å². The van der Waals surface area contributed by atoms with Crippen LogP contribution in [0.25, 0.3) is 0 Å². The van der Waals surface area contributed by atoms with Crippen molar-refractivity contribution < 1.29 is 9.21 Å². The first-order valence-corrected chi connectivity index (χ1v) is 7.06. The van der Waals surface area contributed by atoms with E-state index >= 15 is 0 Å². The molecule has 0 unspecified atom stereocenters. The summed E-state index contributed by atoms with van der Waals surface area (Å²) in [4.78, 5) is 16.1. The molecule has 5 nitrogen and oxygen atoms in total. The molecule has 1 aromatic carbocycles. The van der Waals surface area contributed by atoms with Crippen LogP contribution in [-0.2, 0) is 17.8 Å². The fourth-order valence-corrected chi connectivity index (χ4v) is 2.01. The summed E-state index contributed by atoms with van der Waals surface area (Å²) < 4.78 is 5.41. The van der Waals surface area contributed by atoms with Crippen LogP contribution in [0, 0.1) is 13.8 Å². The van der Waals surface area contributed by atoms with Gasteiger partial charge < -0.3 is 15.5 Å². The average Bonchev–Trinajstić information content (AvgIpc) is 2.82. The third-order valence-electron chi connectivity index (χ3n) is 3.41. The molecule has 112 valence electrons. The van der Waals surface area contributed by atoms with Crippen molar-refractivity contribution in [1.82, 2.24) is 10.3 Å². The number of nitrogens with two attached hydrogens (primary N) is 1. The molecule has 0 aliphatic heterocycles. The lowest BCUT2D eigenvalue weighted by molar-refractivity contribution is -0.122. The predicted octanol–water partition coefficient (Wildman–Crippen LogP) is 1.87. The molecule has 0 aliphatic carbocycles. The van der Waals surface area contributed by atoms with Crippen molar-refractivity contribution in [3.63, 3.8) is 0 Å². The van der Waals surface area contributed by atoms with E-state index in [9.17, 15) is 4.79 Å². The monoisotopic (exact) mass is 287 g/mol. The maximum Gasteiger partial charge on any atom is 0.237 e. The predicted molar refractivity (Wildman–Crippen MR) is 80.6 cm³/mol. The summed E-state index contributed by atoms with van der Waals surface area (Å²) in [5, 5.41) is 2.76. The lowest BCUT2D eigenvalue weighted by Crippen LogP contribution is -2.40. The van der Waals surface area contributed by atoms with Gasteiger partial charge in [0.25, 0.3) is 0 Å². The zero-order valence-corrected chi connectivity index (χ0v) is 12.4. The van der Waals surface area contributed by atoms with Crippen molar-refractivity contribution >= 4 is 5.91 Å². The minimum Gasteiger partial charge on any atom is -0.444 e. The van der Waals surface area contributed by atoms with Crippen LogP contribution in [0.3, 0.4) is 0 Å². The van der Waals surface area contributed by atoms with Gasteiger partial charge >= 0.3 is 0 Å². The number of nitrogens with zero attached hydrogens (tertiary/aromatic N) is 1. The van der Waals surface area contributed by atoms with Gasteiger partial charge in [0.05, 0.1) is 18.3 Å². The smallest absolute Gasteiger partial charge is 0.237 e. The Morgan fingerprint density at radius 1 is 1.33 bits per heavy atom. The van der Waals surface area contributed by atoms with E-state index in [-0.39, 0.29) is 12.5 Å². The molecule has 0 radical (unpaired) electrons. The Morgan fingerprint density at radius 3 is 2.67 bits per heavy atom. The molecule has 0 aliphatic rings. The van der Waals surface area contributed by atoms with Crippen molar-refractivity contribution in [1.29, 1.82) is 0 Å². The zero-order valence-electron chi connectivity index (χ0n) is 12.4. The molecular formula is C16H21N3O2. The first-order chi connectivity index (χ1) is 10.1. The molecule has 2 rings (SSSR count). The molecule has 0 saturated carbocycles. The molecule has 5 heteroatoms. The van der Waals surface area contributed by atoms with E-state index in [0.717, 1.165) is 17.9 Å². The topological polar surface area (TPSA) is 81.2 Å². The number of hydrogen-bond acceptors (Lipinski definition) is 4. The summed E-state index contributed by atoms with van der Waals surface area (Å²) in [7, 11) is 0. The number of aryl methyl sites for hydroxylation is 3. The van der Waals surface area contributed by atoms with Gasteiger partial charge in [0, 0.05) is 0 Å². The van der Waals surface area contributed by atoms with Gasteiger partial charge in [-0.25, -0.2) is 4.98 Å². The van der Waals surface area contributed by atoms with Crippen LogP contribution < -0.4 is 11.1 Å². The third kappa shape index (κ3) is 4.43. The Hall–Kier alpha value is -2.14. The second-order valence-corrected chi connectivity index (χ2v) is 5.10. The van der Waals surface area contributed by atoms with Crippen LogP contribution in [0.2, 0.25) is 0 Å².